The van der Waals surface area contributed by atoms with Crippen molar-refractivity contribution in [3.63, 3.8) is 0 Å². The number of nitrogens with two attached hydrogens (primary N) is 1. The molecule has 2 aromatic rings. The third-order valence-electron chi connectivity index (χ3n) is 3.82. The topological polar surface area (TPSA) is 29.3 Å². The highest BCUT2D eigenvalue weighted by Gasteiger charge is 2.14. The summed E-state index contributed by atoms with van der Waals surface area (Å²) in [4.78, 5) is 2.17. The highest BCUT2D eigenvalue weighted by atomic mass is 19.1. The SMILES string of the molecule is CCN(CC(N)c1cc(C)ccc1C)c1ccc(F)cc1. The van der Waals surface area contributed by atoms with E-state index in [1.54, 1.807) is 12.1 Å². The first kappa shape index (κ1) is 15.5. The molecule has 0 saturated carbocycles. The minimum atomic E-state index is -0.214. The number of hydrogen-bond acceptors (Lipinski definition) is 2. The Morgan fingerprint density at radius 1 is 1.10 bits per heavy atom. The highest BCUT2D eigenvalue weighted by Crippen LogP contribution is 2.22. The molecule has 2 N–H and O–H groups in total. The van der Waals surface area contributed by atoms with E-state index in [9.17, 15) is 4.39 Å². The molecular formula is C18H23FN2. The van der Waals surface area contributed by atoms with Gasteiger partial charge in [0.1, 0.15) is 5.82 Å². The van der Waals surface area contributed by atoms with Crippen molar-refractivity contribution in [3.05, 3.63) is 65.0 Å². The van der Waals surface area contributed by atoms with E-state index in [-0.39, 0.29) is 11.9 Å². The molecular weight excluding hydrogens is 263 g/mol. The van der Waals surface area contributed by atoms with Gasteiger partial charge in [-0.3, -0.25) is 0 Å². The third-order valence-corrected chi connectivity index (χ3v) is 3.82. The van der Waals surface area contributed by atoms with Crippen LogP contribution in [0.1, 0.15) is 29.7 Å². The van der Waals surface area contributed by atoms with Gasteiger partial charge in [0.15, 0.2) is 0 Å². The number of hydrogen-bond donors (Lipinski definition) is 1. The molecule has 1 unspecified atom stereocenters. The maximum absolute atomic E-state index is 13.0. The first-order valence-electron chi connectivity index (χ1n) is 7.34. The van der Waals surface area contributed by atoms with Crippen LogP contribution in [-0.4, -0.2) is 13.1 Å². The zero-order chi connectivity index (χ0) is 15.4. The first-order valence-corrected chi connectivity index (χ1v) is 7.34. The summed E-state index contributed by atoms with van der Waals surface area (Å²) in [5.41, 5.74) is 11.0. The average Bonchev–Trinajstić information content (AvgIpc) is 2.48. The van der Waals surface area contributed by atoms with Gasteiger partial charge < -0.3 is 10.6 Å². The second-order valence-corrected chi connectivity index (χ2v) is 5.48. The third kappa shape index (κ3) is 3.82. The molecule has 0 bridgehead atoms. The van der Waals surface area contributed by atoms with Gasteiger partial charge in [0.25, 0.3) is 0 Å². The molecule has 2 nitrogen and oxygen atoms in total. The minimum absolute atomic E-state index is 0.0603. The van der Waals surface area contributed by atoms with E-state index in [0.29, 0.717) is 6.54 Å². The second-order valence-electron chi connectivity index (χ2n) is 5.48. The molecule has 0 aliphatic heterocycles. The molecule has 0 aromatic heterocycles. The summed E-state index contributed by atoms with van der Waals surface area (Å²) < 4.78 is 13.0. The van der Waals surface area contributed by atoms with Crippen LogP contribution in [-0.2, 0) is 0 Å². The molecule has 0 heterocycles. The maximum Gasteiger partial charge on any atom is 0.123 e. The van der Waals surface area contributed by atoms with Crippen LogP contribution in [0.5, 0.6) is 0 Å². The molecule has 112 valence electrons. The Labute approximate surface area is 126 Å². The van der Waals surface area contributed by atoms with E-state index in [1.165, 1.54) is 28.8 Å². The summed E-state index contributed by atoms with van der Waals surface area (Å²) in [6, 6.07) is 12.9. The van der Waals surface area contributed by atoms with Crippen LogP contribution in [0.2, 0.25) is 0 Å². The van der Waals surface area contributed by atoms with Gasteiger partial charge in [-0.2, -0.15) is 0 Å². The van der Waals surface area contributed by atoms with Gasteiger partial charge >= 0.3 is 0 Å². The molecule has 0 aliphatic rings. The smallest absolute Gasteiger partial charge is 0.123 e. The Balaban J connectivity index is 2.17. The average molecular weight is 286 g/mol. The van der Waals surface area contributed by atoms with E-state index < -0.39 is 0 Å². The fourth-order valence-corrected chi connectivity index (χ4v) is 2.56. The van der Waals surface area contributed by atoms with Crippen LogP contribution in [0, 0.1) is 19.7 Å². The number of likely N-dealkylation sites (N-methyl/N-ethyl adjacent to an activating group) is 1. The molecule has 0 amide bonds. The van der Waals surface area contributed by atoms with Crippen molar-refractivity contribution in [3.8, 4) is 0 Å². The standard InChI is InChI=1S/C18H23FN2/c1-4-21(16-9-7-15(19)8-10-16)12-18(20)17-11-13(2)5-6-14(17)3/h5-11,18H,4,12,20H2,1-3H3. The molecule has 3 heteroatoms. The number of rotatable bonds is 5. The minimum Gasteiger partial charge on any atom is -0.370 e. The fourth-order valence-electron chi connectivity index (χ4n) is 2.56. The summed E-state index contributed by atoms with van der Waals surface area (Å²) in [5, 5.41) is 0. The van der Waals surface area contributed by atoms with Crippen molar-refractivity contribution in [2.24, 2.45) is 5.73 Å². The van der Waals surface area contributed by atoms with Gasteiger partial charge in [0.05, 0.1) is 0 Å². The zero-order valence-electron chi connectivity index (χ0n) is 12.9. The fraction of sp³-hybridized carbons (Fsp3) is 0.333. The van der Waals surface area contributed by atoms with Crippen LogP contribution in [0.4, 0.5) is 10.1 Å². The predicted molar refractivity (Wildman–Crippen MR) is 87.1 cm³/mol. The Hall–Kier alpha value is -1.87. The lowest BCUT2D eigenvalue weighted by atomic mass is 9.99. The van der Waals surface area contributed by atoms with E-state index in [1.807, 2.05) is 0 Å². The van der Waals surface area contributed by atoms with E-state index >= 15 is 0 Å². The predicted octanol–water partition coefficient (Wildman–Crippen LogP) is 3.97. The Morgan fingerprint density at radius 3 is 2.38 bits per heavy atom. The highest BCUT2D eigenvalue weighted by molar-refractivity contribution is 5.47. The molecule has 2 aromatic carbocycles. The molecule has 21 heavy (non-hydrogen) atoms. The molecule has 0 spiro atoms. The van der Waals surface area contributed by atoms with Crippen molar-refractivity contribution in [1.29, 1.82) is 0 Å². The molecule has 0 saturated heterocycles. The van der Waals surface area contributed by atoms with Crippen LogP contribution < -0.4 is 10.6 Å². The maximum atomic E-state index is 13.0. The molecule has 1 atom stereocenters. The lowest BCUT2D eigenvalue weighted by Gasteiger charge is -2.27. The number of nitrogens with zero attached hydrogens (tertiary/aromatic N) is 1. The number of halogens is 1. The molecule has 0 radical (unpaired) electrons. The van der Waals surface area contributed by atoms with E-state index in [2.05, 4.69) is 43.9 Å². The molecule has 0 aliphatic carbocycles. The first-order chi connectivity index (χ1) is 10.0. The van der Waals surface area contributed by atoms with Crippen molar-refractivity contribution >= 4 is 5.69 Å². The summed E-state index contributed by atoms with van der Waals surface area (Å²) in [7, 11) is 0. The van der Waals surface area contributed by atoms with E-state index in [0.717, 1.165) is 12.2 Å². The lowest BCUT2D eigenvalue weighted by Crippen LogP contribution is -2.32. The Morgan fingerprint density at radius 2 is 1.76 bits per heavy atom. The van der Waals surface area contributed by atoms with Crippen molar-refractivity contribution < 1.29 is 4.39 Å². The monoisotopic (exact) mass is 286 g/mol. The summed E-state index contributed by atoms with van der Waals surface area (Å²) in [5.74, 6) is -0.214. The summed E-state index contributed by atoms with van der Waals surface area (Å²) in [6.45, 7) is 7.80. The van der Waals surface area contributed by atoms with Gasteiger partial charge in [-0.25, -0.2) is 4.39 Å². The quantitative estimate of drug-likeness (QED) is 0.901. The van der Waals surface area contributed by atoms with Gasteiger partial charge in [-0.15, -0.1) is 0 Å². The van der Waals surface area contributed by atoms with Crippen LogP contribution in [0.25, 0.3) is 0 Å². The summed E-state index contributed by atoms with van der Waals surface area (Å²) >= 11 is 0. The van der Waals surface area contributed by atoms with Crippen LogP contribution in [0.3, 0.4) is 0 Å². The largest absolute Gasteiger partial charge is 0.370 e. The Kier molecular flexibility index (Phi) is 4.97. The van der Waals surface area contributed by atoms with Crippen molar-refractivity contribution in [1.82, 2.24) is 0 Å². The Bertz CT molecular complexity index is 593. The van der Waals surface area contributed by atoms with Crippen molar-refractivity contribution in [2.75, 3.05) is 18.0 Å². The van der Waals surface area contributed by atoms with Gasteiger partial charge in [-0.1, -0.05) is 23.8 Å². The van der Waals surface area contributed by atoms with Crippen LogP contribution in [0.15, 0.2) is 42.5 Å². The van der Waals surface area contributed by atoms with E-state index in [4.69, 9.17) is 5.73 Å². The number of anilines is 1. The number of benzene rings is 2. The number of aryl methyl sites for hydroxylation is 2. The lowest BCUT2D eigenvalue weighted by molar-refractivity contribution is 0.626. The van der Waals surface area contributed by atoms with Gasteiger partial charge in [0.2, 0.25) is 0 Å². The molecule has 0 fully saturated rings. The molecule has 2 rings (SSSR count). The van der Waals surface area contributed by atoms with Gasteiger partial charge in [0, 0.05) is 24.8 Å². The van der Waals surface area contributed by atoms with Gasteiger partial charge in [-0.05, 0) is 56.2 Å². The zero-order valence-corrected chi connectivity index (χ0v) is 12.9. The summed E-state index contributed by atoms with van der Waals surface area (Å²) in [6.07, 6.45) is 0. The normalized spacial score (nSPS) is 12.2. The van der Waals surface area contributed by atoms with Crippen molar-refractivity contribution in [2.45, 2.75) is 26.8 Å². The second kappa shape index (κ2) is 6.72. The van der Waals surface area contributed by atoms with Crippen LogP contribution >= 0.6 is 0 Å².